The van der Waals surface area contributed by atoms with Gasteiger partial charge in [-0.2, -0.15) is 0 Å². The fourth-order valence-electron chi connectivity index (χ4n) is 1.85. The number of hydrogen-bond donors (Lipinski definition) is 0. The first-order valence-electron chi connectivity index (χ1n) is 5.77. The Morgan fingerprint density at radius 3 is 2.94 bits per heavy atom. The molecule has 1 aliphatic heterocycles. The van der Waals surface area contributed by atoms with Gasteiger partial charge in [0, 0.05) is 17.3 Å². The molecule has 1 unspecified atom stereocenters. The Labute approximate surface area is 106 Å². The maximum atomic E-state index is 12.0. The predicted molar refractivity (Wildman–Crippen MR) is 67.1 cm³/mol. The molecule has 1 aromatic rings. The fourth-order valence-corrected chi connectivity index (χ4v) is 2.65. The molecule has 0 aromatic carbocycles. The Bertz CT molecular complexity index is 422. The Kier molecular flexibility index (Phi) is 3.12. The highest BCUT2D eigenvalue weighted by atomic mass is 32.1. The van der Waals surface area contributed by atoms with E-state index in [9.17, 15) is 4.79 Å². The van der Waals surface area contributed by atoms with Crippen LogP contribution in [-0.2, 0) is 17.7 Å². The van der Waals surface area contributed by atoms with Gasteiger partial charge in [0.1, 0.15) is 5.60 Å². The Morgan fingerprint density at radius 1 is 1.59 bits per heavy atom. The van der Waals surface area contributed by atoms with Crippen molar-refractivity contribution in [3.63, 3.8) is 0 Å². The van der Waals surface area contributed by atoms with E-state index in [1.807, 2.05) is 33.2 Å². The predicted octanol–water partition coefficient (Wildman–Crippen LogP) is 2.82. The van der Waals surface area contributed by atoms with Gasteiger partial charge in [0.05, 0.1) is 17.7 Å². The molecule has 0 saturated heterocycles. The van der Waals surface area contributed by atoms with Crippen LogP contribution >= 0.6 is 11.3 Å². The minimum atomic E-state index is -0.440. The average Bonchev–Trinajstić information content (AvgIpc) is 2.60. The molecule has 1 amide bonds. The zero-order valence-electron chi connectivity index (χ0n) is 10.7. The van der Waals surface area contributed by atoms with Crippen LogP contribution in [0, 0.1) is 0 Å². The molecule has 4 nitrogen and oxygen atoms in total. The van der Waals surface area contributed by atoms with Crippen molar-refractivity contribution in [1.29, 1.82) is 0 Å². The van der Waals surface area contributed by atoms with E-state index in [2.05, 4.69) is 4.98 Å². The van der Waals surface area contributed by atoms with Crippen LogP contribution in [-0.4, -0.2) is 27.6 Å². The number of rotatable bonds is 0. The number of aromatic nitrogens is 1. The highest BCUT2D eigenvalue weighted by Gasteiger charge is 2.31. The maximum Gasteiger partial charge on any atom is 0.410 e. The summed E-state index contributed by atoms with van der Waals surface area (Å²) >= 11 is 1.61. The molecule has 0 bridgehead atoms. The van der Waals surface area contributed by atoms with Crippen LogP contribution in [0.2, 0.25) is 0 Å². The number of carbonyl (C=O) groups is 1. The van der Waals surface area contributed by atoms with Gasteiger partial charge in [-0.15, -0.1) is 11.3 Å². The molecule has 0 spiro atoms. The van der Waals surface area contributed by atoms with E-state index < -0.39 is 5.60 Å². The molecule has 94 valence electrons. The van der Waals surface area contributed by atoms with E-state index in [-0.39, 0.29) is 12.1 Å². The van der Waals surface area contributed by atoms with E-state index in [0.717, 1.165) is 12.1 Å². The number of thiazole rings is 1. The summed E-state index contributed by atoms with van der Waals surface area (Å²) in [5, 5.41) is 0. The van der Waals surface area contributed by atoms with Crippen LogP contribution < -0.4 is 0 Å². The van der Waals surface area contributed by atoms with Crippen molar-refractivity contribution in [3.05, 3.63) is 16.1 Å². The molecule has 1 aromatic heterocycles. The molecule has 0 N–H and O–H groups in total. The van der Waals surface area contributed by atoms with Crippen molar-refractivity contribution in [3.8, 4) is 0 Å². The highest BCUT2D eigenvalue weighted by Crippen LogP contribution is 2.26. The molecule has 1 aliphatic rings. The quantitative estimate of drug-likeness (QED) is 0.715. The number of carbonyl (C=O) groups excluding carboxylic acids is 1. The molecular formula is C12H18N2O2S. The average molecular weight is 254 g/mol. The van der Waals surface area contributed by atoms with Crippen molar-refractivity contribution in [2.75, 3.05) is 0 Å². The third-order valence-corrected chi connectivity index (χ3v) is 3.55. The molecule has 0 saturated carbocycles. The summed E-state index contributed by atoms with van der Waals surface area (Å²) < 4.78 is 5.41. The fraction of sp³-hybridized carbons (Fsp3) is 0.667. The number of hydrogen-bond acceptors (Lipinski definition) is 4. The van der Waals surface area contributed by atoms with Gasteiger partial charge < -0.3 is 4.74 Å². The van der Waals surface area contributed by atoms with Gasteiger partial charge in [0.15, 0.2) is 0 Å². The molecule has 2 heterocycles. The summed E-state index contributed by atoms with van der Waals surface area (Å²) in [7, 11) is 0. The minimum Gasteiger partial charge on any atom is -0.444 e. The lowest BCUT2D eigenvalue weighted by molar-refractivity contribution is 0.0140. The number of fused-ring (bicyclic) bond motifs is 1. The summed E-state index contributed by atoms with van der Waals surface area (Å²) in [5.74, 6) is 0. The first-order chi connectivity index (χ1) is 7.87. The summed E-state index contributed by atoms with van der Waals surface area (Å²) in [6.07, 6.45) is 0.585. The molecule has 0 fully saturated rings. The van der Waals surface area contributed by atoms with Crippen LogP contribution in [0.5, 0.6) is 0 Å². The van der Waals surface area contributed by atoms with Crippen LogP contribution in [0.3, 0.4) is 0 Å². The maximum absolute atomic E-state index is 12.0. The molecule has 5 heteroatoms. The van der Waals surface area contributed by atoms with E-state index in [1.54, 1.807) is 16.2 Å². The van der Waals surface area contributed by atoms with Gasteiger partial charge in [0.25, 0.3) is 0 Å². The lowest BCUT2D eigenvalue weighted by Gasteiger charge is -2.34. The minimum absolute atomic E-state index is 0.152. The smallest absolute Gasteiger partial charge is 0.410 e. The van der Waals surface area contributed by atoms with E-state index >= 15 is 0 Å². The van der Waals surface area contributed by atoms with Crippen LogP contribution in [0.25, 0.3) is 0 Å². The first kappa shape index (κ1) is 12.4. The molecular weight excluding hydrogens is 236 g/mol. The molecule has 2 rings (SSSR count). The second-order valence-electron chi connectivity index (χ2n) is 5.38. The third-order valence-electron chi connectivity index (χ3n) is 2.69. The second kappa shape index (κ2) is 4.29. The van der Waals surface area contributed by atoms with Crippen LogP contribution in [0.4, 0.5) is 4.79 Å². The molecule has 0 aliphatic carbocycles. The van der Waals surface area contributed by atoms with Gasteiger partial charge >= 0.3 is 6.09 Å². The zero-order chi connectivity index (χ0) is 12.6. The number of ether oxygens (including phenoxy) is 1. The van der Waals surface area contributed by atoms with E-state index in [0.29, 0.717) is 6.54 Å². The number of nitrogens with zero attached hydrogens (tertiary/aromatic N) is 2. The van der Waals surface area contributed by atoms with E-state index in [1.165, 1.54) is 4.88 Å². The van der Waals surface area contributed by atoms with E-state index in [4.69, 9.17) is 4.74 Å². The zero-order valence-corrected chi connectivity index (χ0v) is 11.5. The third kappa shape index (κ3) is 2.77. The summed E-state index contributed by atoms with van der Waals surface area (Å²) in [4.78, 5) is 19.3. The standard InChI is InChI=1S/C12H18N2O2S/c1-8-5-9-10(17-7-13-9)6-14(8)11(15)16-12(2,3)4/h7-8H,5-6H2,1-4H3. The molecule has 17 heavy (non-hydrogen) atoms. The first-order valence-corrected chi connectivity index (χ1v) is 6.65. The summed E-state index contributed by atoms with van der Waals surface area (Å²) in [6.45, 7) is 8.31. The normalized spacial score (nSPS) is 20.0. The van der Waals surface area contributed by atoms with Crippen molar-refractivity contribution < 1.29 is 9.53 Å². The molecule has 1 atom stereocenters. The van der Waals surface area contributed by atoms with Gasteiger partial charge in [-0.05, 0) is 27.7 Å². The lowest BCUT2D eigenvalue weighted by Crippen LogP contribution is -2.44. The summed E-state index contributed by atoms with van der Waals surface area (Å²) in [6, 6.07) is 0.152. The Balaban J connectivity index is 2.10. The van der Waals surface area contributed by atoms with Gasteiger partial charge in [0.2, 0.25) is 0 Å². The SMILES string of the molecule is CC1Cc2ncsc2CN1C(=O)OC(C)(C)C. The Morgan fingerprint density at radius 2 is 2.29 bits per heavy atom. The lowest BCUT2D eigenvalue weighted by atomic mass is 10.1. The number of amides is 1. The highest BCUT2D eigenvalue weighted by molar-refractivity contribution is 7.09. The van der Waals surface area contributed by atoms with Gasteiger partial charge in [-0.25, -0.2) is 9.78 Å². The second-order valence-corrected chi connectivity index (χ2v) is 6.32. The largest absolute Gasteiger partial charge is 0.444 e. The van der Waals surface area contributed by atoms with Gasteiger partial charge in [-0.1, -0.05) is 0 Å². The Hall–Kier alpha value is -1.10. The van der Waals surface area contributed by atoms with Crippen molar-refractivity contribution in [2.24, 2.45) is 0 Å². The van der Waals surface area contributed by atoms with Crippen molar-refractivity contribution in [2.45, 2.75) is 52.3 Å². The monoisotopic (exact) mass is 254 g/mol. The summed E-state index contributed by atoms with van der Waals surface area (Å²) in [5.41, 5.74) is 2.53. The van der Waals surface area contributed by atoms with Crippen molar-refractivity contribution in [1.82, 2.24) is 9.88 Å². The topological polar surface area (TPSA) is 42.4 Å². The van der Waals surface area contributed by atoms with Gasteiger partial charge in [-0.3, -0.25) is 4.90 Å². The van der Waals surface area contributed by atoms with Crippen molar-refractivity contribution >= 4 is 17.4 Å². The van der Waals surface area contributed by atoms with Crippen LogP contribution in [0.15, 0.2) is 5.51 Å². The molecule has 0 radical (unpaired) electrons. The van der Waals surface area contributed by atoms with Crippen LogP contribution in [0.1, 0.15) is 38.3 Å².